The van der Waals surface area contributed by atoms with Crippen LogP contribution in [0.15, 0.2) is 64.8 Å². The van der Waals surface area contributed by atoms with Gasteiger partial charge in [-0.2, -0.15) is 0 Å². The van der Waals surface area contributed by atoms with Crippen LogP contribution in [0, 0.1) is 0 Å². The average Bonchev–Trinajstić information content (AvgIpc) is 3.50. The van der Waals surface area contributed by atoms with Crippen LogP contribution in [-0.4, -0.2) is 41.6 Å². The summed E-state index contributed by atoms with van der Waals surface area (Å²) in [6, 6.07) is 13.5. The molecule has 0 spiro atoms. The van der Waals surface area contributed by atoms with Crippen molar-refractivity contribution in [2.24, 2.45) is 0 Å². The van der Waals surface area contributed by atoms with Crippen molar-refractivity contribution >= 4 is 24.0 Å². The van der Waals surface area contributed by atoms with Gasteiger partial charge in [0.25, 0.3) is 5.91 Å². The summed E-state index contributed by atoms with van der Waals surface area (Å²) < 4.78 is 17.0. The van der Waals surface area contributed by atoms with Crippen molar-refractivity contribution in [2.45, 2.75) is 6.54 Å². The van der Waals surface area contributed by atoms with Gasteiger partial charge in [-0.15, -0.1) is 0 Å². The van der Waals surface area contributed by atoms with Gasteiger partial charge in [-0.1, -0.05) is 0 Å². The minimum atomic E-state index is -0.636. The molecule has 0 bridgehead atoms. The highest BCUT2D eigenvalue weighted by Gasteiger charge is 2.34. The first-order valence-corrected chi connectivity index (χ1v) is 9.33. The third-order valence-electron chi connectivity index (χ3n) is 4.75. The number of esters is 1. The van der Waals surface area contributed by atoms with Crippen LogP contribution in [0.2, 0.25) is 0 Å². The third-order valence-corrected chi connectivity index (χ3v) is 4.75. The average molecular weight is 421 g/mol. The molecule has 3 heterocycles. The smallest absolute Gasteiger partial charge is 0.373 e. The lowest BCUT2D eigenvalue weighted by molar-refractivity contribution is -0.123. The van der Waals surface area contributed by atoms with Gasteiger partial charge < -0.3 is 23.8 Å². The molecule has 3 amide bonds. The number of methoxy groups -OCH3 is 2. The number of imide groups is 1. The predicted molar refractivity (Wildman–Crippen MR) is 109 cm³/mol. The number of carbonyl (C=O) groups excluding carboxylic acids is 3. The number of nitrogens with zero attached hydrogens (tertiary/aromatic N) is 2. The second kappa shape index (κ2) is 8.23. The van der Waals surface area contributed by atoms with Crippen molar-refractivity contribution in [3.63, 3.8) is 0 Å². The number of amides is 3. The molecule has 0 saturated carbocycles. The molecule has 4 rings (SSSR count). The Morgan fingerprint density at radius 2 is 1.87 bits per heavy atom. The fourth-order valence-electron chi connectivity index (χ4n) is 3.18. The summed E-state index contributed by atoms with van der Waals surface area (Å²) in [5.41, 5.74) is 1.72. The second-order valence-electron chi connectivity index (χ2n) is 6.64. The molecule has 1 aromatic carbocycles. The van der Waals surface area contributed by atoms with E-state index in [2.05, 4.69) is 10.1 Å². The monoisotopic (exact) mass is 421 g/mol. The molecule has 1 fully saturated rings. The Hall–Kier alpha value is -4.27. The summed E-state index contributed by atoms with van der Waals surface area (Å²) in [6.07, 6.45) is 3.46. The molecule has 9 nitrogen and oxygen atoms in total. The Morgan fingerprint density at radius 1 is 1.10 bits per heavy atom. The maximum Gasteiger partial charge on any atom is 0.373 e. The van der Waals surface area contributed by atoms with E-state index in [0.717, 1.165) is 16.3 Å². The van der Waals surface area contributed by atoms with Crippen LogP contribution in [0.1, 0.15) is 22.0 Å². The summed E-state index contributed by atoms with van der Waals surface area (Å²) in [5, 5.41) is 2.58. The van der Waals surface area contributed by atoms with Crippen LogP contribution in [0.25, 0.3) is 11.8 Å². The largest absolute Gasteiger partial charge is 0.497 e. The van der Waals surface area contributed by atoms with E-state index in [9.17, 15) is 14.4 Å². The van der Waals surface area contributed by atoms with Gasteiger partial charge in [-0.25, -0.2) is 9.59 Å². The zero-order valence-corrected chi connectivity index (χ0v) is 16.8. The number of urea groups is 1. The number of carbonyl (C=O) groups is 3. The fraction of sp³-hybridized carbons (Fsp3) is 0.136. The summed E-state index contributed by atoms with van der Waals surface area (Å²) in [5.74, 6) is -0.116. The van der Waals surface area contributed by atoms with E-state index < -0.39 is 17.9 Å². The van der Waals surface area contributed by atoms with Crippen LogP contribution < -0.4 is 10.1 Å². The standard InChI is InChI=1S/C22H19N3O6/c1-29-16-7-5-14(6-8-16)24-11-3-4-15(24)12-18-20(26)25(22(28)23-18)13-17-9-10-19(31-17)21(27)30-2/h3-12H,13H2,1-2H3,(H,23,28)/b18-12-. The first-order chi connectivity index (χ1) is 15.0. The topological polar surface area (TPSA) is 103 Å². The first-order valence-electron chi connectivity index (χ1n) is 9.33. The minimum Gasteiger partial charge on any atom is -0.497 e. The lowest BCUT2D eigenvalue weighted by Gasteiger charge is -2.09. The number of nitrogens with one attached hydrogen (secondary N) is 1. The molecule has 31 heavy (non-hydrogen) atoms. The molecule has 158 valence electrons. The summed E-state index contributed by atoms with van der Waals surface area (Å²) in [6.45, 7) is -0.113. The highest BCUT2D eigenvalue weighted by Crippen LogP contribution is 2.22. The predicted octanol–water partition coefficient (Wildman–Crippen LogP) is 2.96. The molecule has 2 aromatic heterocycles. The quantitative estimate of drug-likeness (QED) is 0.373. The van der Waals surface area contributed by atoms with Crippen molar-refractivity contribution in [1.82, 2.24) is 14.8 Å². The Kier molecular flexibility index (Phi) is 5.31. The van der Waals surface area contributed by atoms with Gasteiger partial charge in [-0.05, 0) is 54.6 Å². The van der Waals surface area contributed by atoms with E-state index in [-0.39, 0.29) is 23.8 Å². The molecule has 0 unspecified atom stereocenters. The molecule has 1 N–H and O–H groups in total. The number of ether oxygens (including phenoxy) is 2. The van der Waals surface area contributed by atoms with E-state index in [1.165, 1.54) is 19.2 Å². The number of rotatable bonds is 6. The minimum absolute atomic E-state index is 0.00219. The van der Waals surface area contributed by atoms with Gasteiger partial charge in [0.1, 0.15) is 17.2 Å². The highest BCUT2D eigenvalue weighted by atomic mass is 16.5. The lowest BCUT2D eigenvalue weighted by atomic mass is 10.2. The lowest BCUT2D eigenvalue weighted by Crippen LogP contribution is -2.30. The van der Waals surface area contributed by atoms with E-state index in [1.807, 2.05) is 47.2 Å². The number of aromatic nitrogens is 1. The molecule has 0 radical (unpaired) electrons. The molecule has 1 aliphatic rings. The summed E-state index contributed by atoms with van der Waals surface area (Å²) in [4.78, 5) is 37.7. The van der Waals surface area contributed by atoms with Gasteiger partial charge in [0.15, 0.2) is 0 Å². The number of furan rings is 1. The fourth-order valence-corrected chi connectivity index (χ4v) is 3.18. The van der Waals surface area contributed by atoms with Crippen molar-refractivity contribution in [1.29, 1.82) is 0 Å². The highest BCUT2D eigenvalue weighted by molar-refractivity contribution is 6.13. The van der Waals surface area contributed by atoms with Crippen LogP contribution in [0.4, 0.5) is 4.79 Å². The van der Waals surface area contributed by atoms with E-state index in [0.29, 0.717) is 5.69 Å². The SMILES string of the molecule is COC(=O)c1ccc(CN2C(=O)N/C(=C\c3cccn3-c3ccc(OC)cc3)C2=O)o1. The molecule has 3 aromatic rings. The van der Waals surface area contributed by atoms with Crippen molar-refractivity contribution < 1.29 is 28.3 Å². The second-order valence-corrected chi connectivity index (χ2v) is 6.64. The first kappa shape index (κ1) is 20.0. The zero-order valence-electron chi connectivity index (χ0n) is 16.8. The van der Waals surface area contributed by atoms with Crippen LogP contribution >= 0.6 is 0 Å². The number of benzene rings is 1. The van der Waals surface area contributed by atoms with Crippen LogP contribution in [-0.2, 0) is 16.1 Å². The van der Waals surface area contributed by atoms with Crippen LogP contribution in [0.3, 0.4) is 0 Å². The van der Waals surface area contributed by atoms with Gasteiger partial charge in [0, 0.05) is 17.6 Å². The third kappa shape index (κ3) is 3.93. The molecule has 1 aliphatic heterocycles. The normalized spacial score (nSPS) is 14.8. The van der Waals surface area contributed by atoms with Crippen LogP contribution in [0.5, 0.6) is 5.75 Å². The maximum atomic E-state index is 12.8. The van der Waals surface area contributed by atoms with E-state index in [1.54, 1.807) is 13.2 Å². The molecule has 9 heteroatoms. The molecule has 0 atom stereocenters. The molecule has 1 saturated heterocycles. The van der Waals surface area contributed by atoms with Crippen molar-refractivity contribution in [3.05, 3.63) is 77.6 Å². The number of hydrogen-bond acceptors (Lipinski definition) is 6. The van der Waals surface area contributed by atoms with Gasteiger partial charge in [-0.3, -0.25) is 9.69 Å². The maximum absolute atomic E-state index is 12.8. The Labute approximate surface area is 177 Å². The van der Waals surface area contributed by atoms with E-state index in [4.69, 9.17) is 9.15 Å². The van der Waals surface area contributed by atoms with Gasteiger partial charge in [0.2, 0.25) is 5.76 Å². The van der Waals surface area contributed by atoms with E-state index >= 15 is 0 Å². The molecule has 0 aliphatic carbocycles. The molecular formula is C22H19N3O6. The Balaban J connectivity index is 1.54. The zero-order chi connectivity index (χ0) is 22.0. The summed E-state index contributed by atoms with van der Waals surface area (Å²) in [7, 11) is 2.83. The van der Waals surface area contributed by atoms with Gasteiger partial charge in [0.05, 0.1) is 20.8 Å². The van der Waals surface area contributed by atoms with Gasteiger partial charge >= 0.3 is 12.0 Å². The Morgan fingerprint density at radius 3 is 2.58 bits per heavy atom. The van der Waals surface area contributed by atoms with Crippen molar-refractivity contribution in [3.8, 4) is 11.4 Å². The Bertz CT molecular complexity index is 1170. The molecular weight excluding hydrogens is 402 g/mol. The van der Waals surface area contributed by atoms with Crippen molar-refractivity contribution in [2.75, 3.05) is 14.2 Å². The number of hydrogen-bond donors (Lipinski definition) is 1. The summed E-state index contributed by atoms with van der Waals surface area (Å²) >= 11 is 0.